The van der Waals surface area contributed by atoms with Gasteiger partial charge in [-0.3, -0.25) is 4.90 Å². The number of unbranched alkanes of at least 4 members (excludes halogenated alkanes) is 4. The van der Waals surface area contributed by atoms with Crippen LogP contribution in [0.4, 0.5) is 8.78 Å². The zero-order valence-electron chi connectivity index (χ0n) is 20.9. The predicted octanol–water partition coefficient (Wildman–Crippen LogP) is 3.92. The van der Waals surface area contributed by atoms with Gasteiger partial charge in [0.15, 0.2) is 0 Å². The molecule has 1 saturated heterocycles. The summed E-state index contributed by atoms with van der Waals surface area (Å²) in [7, 11) is -3.22. The molecule has 1 fully saturated rings. The van der Waals surface area contributed by atoms with E-state index in [4.69, 9.17) is 5.11 Å². The lowest BCUT2D eigenvalue weighted by atomic mass is 9.96. The summed E-state index contributed by atoms with van der Waals surface area (Å²) in [6, 6.07) is 13.1. The van der Waals surface area contributed by atoms with Gasteiger partial charge in [0, 0.05) is 39.3 Å². The lowest BCUT2D eigenvalue weighted by molar-refractivity contribution is 0.108. The molecule has 0 unspecified atom stereocenters. The second-order valence-corrected chi connectivity index (χ2v) is 11.4. The summed E-state index contributed by atoms with van der Waals surface area (Å²) >= 11 is 0. The monoisotopic (exact) mass is 523 g/mol. The number of halogens is 2. The molecule has 0 atom stereocenters. The molecule has 1 aliphatic heterocycles. The molecule has 0 spiro atoms. The van der Waals surface area contributed by atoms with Gasteiger partial charge < -0.3 is 10.0 Å². The van der Waals surface area contributed by atoms with Crippen LogP contribution in [0.2, 0.25) is 0 Å². The fourth-order valence-electron chi connectivity index (χ4n) is 4.67. The van der Waals surface area contributed by atoms with Crippen LogP contribution in [0.1, 0.15) is 55.7 Å². The molecule has 0 aromatic heterocycles. The number of benzene rings is 2. The summed E-state index contributed by atoms with van der Waals surface area (Å²) in [6.07, 6.45) is 4.82. The molecular formula is C27H39F2N3O3S. The minimum atomic E-state index is -3.22. The quantitative estimate of drug-likeness (QED) is 0.346. The van der Waals surface area contributed by atoms with E-state index < -0.39 is 10.0 Å². The average molecular weight is 524 g/mol. The summed E-state index contributed by atoms with van der Waals surface area (Å²) in [5, 5.41) is 8.76. The molecule has 1 aliphatic rings. The minimum Gasteiger partial charge on any atom is -0.396 e. The number of piperazine rings is 1. The molecule has 2 aromatic rings. The molecule has 0 radical (unpaired) electrons. The van der Waals surface area contributed by atoms with Gasteiger partial charge in [0.1, 0.15) is 11.6 Å². The summed E-state index contributed by atoms with van der Waals surface area (Å²) in [5.74, 6) is -0.388. The molecule has 6 nitrogen and oxygen atoms in total. The van der Waals surface area contributed by atoms with E-state index in [0.29, 0.717) is 25.8 Å². The molecule has 200 valence electrons. The number of aliphatic hydroxyl groups is 1. The molecule has 0 amide bonds. The van der Waals surface area contributed by atoms with E-state index in [2.05, 4.69) is 14.5 Å². The number of hydrogen-bond donors (Lipinski definition) is 2. The van der Waals surface area contributed by atoms with Crippen molar-refractivity contribution in [1.29, 1.82) is 0 Å². The first-order valence-corrected chi connectivity index (χ1v) is 14.6. The largest absolute Gasteiger partial charge is 0.396 e. The smallest absolute Gasteiger partial charge is 0.211 e. The first kappa shape index (κ1) is 28.7. The molecule has 9 heteroatoms. The first-order chi connectivity index (χ1) is 17.4. The lowest BCUT2D eigenvalue weighted by Crippen LogP contribution is -2.48. The number of aliphatic hydroxyl groups excluding tert-OH is 1. The topological polar surface area (TPSA) is 72.9 Å². The van der Waals surface area contributed by atoms with Crippen molar-refractivity contribution in [2.75, 3.05) is 51.6 Å². The number of hydrogen-bond acceptors (Lipinski definition) is 5. The number of rotatable bonds is 15. The highest BCUT2D eigenvalue weighted by Crippen LogP contribution is 2.30. The van der Waals surface area contributed by atoms with Crippen molar-refractivity contribution in [3.63, 3.8) is 0 Å². The molecule has 2 N–H and O–H groups in total. The zero-order chi connectivity index (χ0) is 25.8. The third-order valence-corrected chi connectivity index (χ3v) is 8.16. The van der Waals surface area contributed by atoms with Crippen molar-refractivity contribution < 1.29 is 22.3 Å². The fourth-order valence-corrected chi connectivity index (χ4v) is 5.85. The van der Waals surface area contributed by atoms with Gasteiger partial charge in [0.2, 0.25) is 10.0 Å². The highest BCUT2D eigenvalue weighted by molar-refractivity contribution is 7.89. The van der Waals surface area contributed by atoms with Crippen LogP contribution >= 0.6 is 0 Å². The summed E-state index contributed by atoms with van der Waals surface area (Å²) in [5.41, 5.74) is 1.99. The Hall–Kier alpha value is -1.91. The van der Waals surface area contributed by atoms with Crippen LogP contribution in [0.5, 0.6) is 0 Å². The van der Waals surface area contributed by atoms with Crippen LogP contribution in [0, 0.1) is 11.6 Å². The SMILES string of the molecule is O=S(=O)(CCCCCCN1CCN(C(c2ccc(F)cc2)c2ccc(F)cc2)CC1)NCCCCO. The van der Waals surface area contributed by atoms with Gasteiger partial charge in [0.25, 0.3) is 0 Å². The van der Waals surface area contributed by atoms with E-state index in [-0.39, 0.29) is 30.0 Å². The van der Waals surface area contributed by atoms with E-state index in [0.717, 1.165) is 63.1 Å². The highest BCUT2D eigenvalue weighted by Gasteiger charge is 2.26. The lowest BCUT2D eigenvalue weighted by Gasteiger charge is -2.40. The normalized spacial score (nSPS) is 15.6. The minimum absolute atomic E-state index is 0.0486. The van der Waals surface area contributed by atoms with Crippen molar-refractivity contribution in [2.45, 2.75) is 44.6 Å². The summed E-state index contributed by atoms with van der Waals surface area (Å²) in [4.78, 5) is 4.80. The van der Waals surface area contributed by atoms with Gasteiger partial charge in [-0.25, -0.2) is 21.9 Å². The Balaban J connectivity index is 1.40. The number of nitrogens with zero attached hydrogens (tertiary/aromatic N) is 2. The maximum Gasteiger partial charge on any atom is 0.211 e. The first-order valence-electron chi connectivity index (χ1n) is 12.9. The fraction of sp³-hybridized carbons (Fsp3) is 0.556. The van der Waals surface area contributed by atoms with E-state index in [1.807, 2.05) is 0 Å². The van der Waals surface area contributed by atoms with E-state index in [1.54, 1.807) is 24.3 Å². The maximum absolute atomic E-state index is 13.5. The Bertz CT molecular complexity index is 950. The molecule has 2 aromatic carbocycles. The van der Waals surface area contributed by atoms with Crippen molar-refractivity contribution in [3.05, 3.63) is 71.3 Å². The Morgan fingerprint density at radius 3 is 1.89 bits per heavy atom. The van der Waals surface area contributed by atoms with Crippen molar-refractivity contribution in [3.8, 4) is 0 Å². The van der Waals surface area contributed by atoms with Crippen LogP contribution in [-0.4, -0.2) is 75.0 Å². The van der Waals surface area contributed by atoms with Crippen LogP contribution in [0.3, 0.4) is 0 Å². The van der Waals surface area contributed by atoms with Gasteiger partial charge in [0.05, 0.1) is 11.8 Å². The molecule has 0 bridgehead atoms. The van der Waals surface area contributed by atoms with E-state index in [1.165, 1.54) is 24.3 Å². The Labute approximate surface area is 214 Å². The molecule has 3 rings (SSSR count). The van der Waals surface area contributed by atoms with Crippen LogP contribution in [0.15, 0.2) is 48.5 Å². The maximum atomic E-state index is 13.5. The van der Waals surface area contributed by atoms with E-state index in [9.17, 15) is 17.2 Å². The predicted molar refractivity (Wildman–Crippen MR) is 139 cm³/mol. The average Bonchev–Trinajstić information content (AvgIpc) is 2.87. The van der Waals surface area contributed by atoms with Gasteiger partial charge in [-0.2, -0.15) is 0 Å². The molecule has 36 heavy (non-hydrogen) atoms. The molecule has 0 saturated carbocycles. The molecule has 0 aliphatic carbocycles. The van der Waals surface area contributed by atoms with Gasteiger partial charge in [-0.1, -0.05) is 37.1 Å². The Kier molecular flexibility index (Phi) is 11.7. The second kappa shape index (κ2) is 14.7. The number of sulfonamides is 1. The summed E-state index contributed by atoms with van der Waals surface area (Å²) < 4.78 is 53.6. The van der Waals surface area contributed by atoms with Crippen molar-refractivity contribution in [1.82, 2.24) is 14.5 Å². The van der Waals surface area contributed by atoms with Gasteiger partial charge in [-0.05, 0) is 67.6 Å². The third kappa shape index (κ3) is 9.52. The van der Waals surface area contributed by atoms with E-state index >= 15 is 0 Å². The Morgan fingerprint density at radius 1 is 0.778 bits per heavy atom. The zero-order valence-corrected chi connectivity index (χ0v) is 21.7. The third-order valence-electron chi connectivity index (χ3n) is 6.69. The van der Waals surface area contributed by atoms with Crippen LogP contribution in [-0.2, 0) is 10.0 Å². The second-order valence-electron chi connectivity index (χ2n) is 9.44. The standard InChI is InChI=1S/C27H39F2N3O3S/c28-25-11-7-23(8-12-25)27(24-9-13-26(29)14-10-24)32-19-17-31(18-20-32)16-4-1-2-6-22-36(34,35)30-15-3-5-21-33/h7-14,27,30,33H,1-6,15-22H2. The summed E-state index contributed by atoms with van der Waals surface area (Å²) in [6.45, 7) is 5.02. The Morgan fingerprint density at radius 2 is 1.33 bits per heavy atom. The van der Waals surface area contributed by atoms with Crippen LogP contribution < -0.4 is 4.72 Å². The molecule has 1 heterocycles. The van der Waals surface area contributed by atoms with Crippen LogP contribution in [0.25, 0.3) is 0 Å². The van der Waals surface area contributed by atoms with Gasteiger partial charge >= 0.3 is 0 Å². The number of nitrogens with one attached hydrogen (secondary N) is 1. The molecular weight excluding hydrogens is 484 g/mol. The van der Waals surface area contributed by atoms with Gasteiger partial charge in [-0.15, -0.1) is 0 Å². The van der Waals surface area contributed by atoms with Crippen molar-refractivity contribution >= 4 is 10.0 Å². The highest BCUT2D eigenvalue weighted by atomic mass is 32.2. The van der Waals surface area contributed by atoms with Crippen molar-refractivity contribution in [2.24, 2.45) is 0 Å².